The van der Waals surface area contributed by atoms with Gasteiger partial charge >= 0.3 is 0 Å². The normalized spacial score (nSPS) is 27.3. The maximum Gasteiger partial charge on any atom is 0.0604 e. The van der Waals surface area contributed by atoms with Gasteiger partial charge in [0.15, 0.2) is 0 Å². The Bertz CT molecular complexity index is 584. The molecule has 4 rings (SSSR count). The lowest BCUT2D eigenvalue weighted by molar-refractivity contribution is 0.0416. The highest BCUT2D eigenvalue weighted by Crippen LogP contribution is 2.32. The van der Waals surface area contributed by atoms with E-state index in [0.29, 0.717) is 24.4 Å². The highest BCUT2D eigenvalue weighted by atomic mass is 32.2. The Labute approximate surface area is 271 Å². The molecule has 4 fully saturated rings. The van der Waals surface area contributed by atoms with E-state index in [4.69, 9.17) is 18.9 Å². The van der Waals surface area contributed by atoms with Crippen LogP contribution in [0.15, 0.2) is 0 Å². The Balaban J connectivity index is 0.888. The Morgan fingerprint density at radius 3 is 1.21 bits per heavy atom. The van der Waals surface area contributed by atoms with E-state index in [9.17, 15) is 0 Å². The zero-order chi connectivity index (χ0) is 29.6. The molecule has 4 heterocycles. The minimum atomic E-state index is 0.541. The van der Waals surface area contributed by atoms with E-state index in [2.05, 4.69) is 11.8 Å². The second-order valence-corrected chi connectivity index (χ2v) is 15.7. The lowest BCUT2D eigenvalue weighted by Gasteiger charge is -2.24. The fourth-order valence-corrected chi connectivity index (χ4v) is 9.28. The second-order valence-electron chi connectivity index (χ2n) is 14.5. The van der Waals surface area contributed by atoms with Gasteiger partial charge in [0.2, 0.25) is 0 Å². The Morgan fingerprint density at radius 1 is 0.419 bits per heavy atom. The lowest BCUT2D eigenvalue weighted by Crippen LogP contribution is -2.21. The van der Waals surface area contributed by atoms with Crippen molar-refractivity contribution in [3.63, 3.8) is 0 Å². The lowest BCUT2D eigenvalue weighted by atomic mass is 9.88. The molecule has 252 valence electrons. The molecule has 43 heavy (non-hydrogen) atoms. The molecule has 0 aromatic carbocycles. The number of rotatable bonds is 26. The molecule has 0 spiro atoms. The molecular weight excluding hydrogens is 552 g/mol. The first-order valence-corrected chi connectivity index (χ1v) is 20.6. The molecule has 4 saturated heterocycles. The van der Waals surface area contributed by atoms with Crippen LogP contribution in [0.5, 0.6) is 0 Å². The van der Waals surface area contributed by atoms with Crippen LogP contribution in [0.3, 0.4) is 0 Å². The van der Waals surface area contributed by atoms with Crippen molar-refractivity contribution in [1.82, 2.24) is 0 Å². The summed E-state index contributed by atoms with van der Waals surface area (Å²) in [4.78, 5) is 0. The van der Waals surface area contributed by atoms with Crippen LogP contribution >= 0.6 is 11.8 Å². The number of ether oxygens (including phenoxy) is 4. The van der Waals surface area contributed by atoms with Crippen molar-refractivity contribution in [1.29, 1.82) is 0 Å². The fraction of sp³-hybridized carbons (Fsp3) is 1.00. The summed E-state index contributed by atoms with van der Waals surface area (Å²) in [5, 5.41) is 0. The summed E-state index contributed by atoms with van der Waals surface area (Å²) in [6.07, 6.45) is 37.4. The molecule has 0 amide bonds. The van der Waals surface area contributed by atoms with Gasteiger partial charge in [-0.2, -0.15) is 11.8 Å². The molecule has 4 aliphatic heterocycles. The Kier molecular flexibility index (Phi) is 19.7. The summed E-state index contributed by atoms with van der Waals surface area (Å²) in [6.45, 7) is 3.97. The van der Waals surface area contributed by atoms with Gasteiger partial charge in [0.05, 0.1) is 24.4 Å². The van der Waals surface area contributed by atoms with Crippen molar-refractivity contribution < 1.29 is 18.9 Å². The molecule has 4 aliphatic rings. The predicted molar refractivity (Wildman–Crippen MR) is 183 cm³/mol. The SMILES string of the molecule is C(CCCCC(CCC1CCCO1)C1CCCO1)CCCSCCCCCCCCC(CCC1CCCO1)C1CCCO1. The van der Waals surface area contributed by atoms with E-state index in [1.807, 2.05) is 0 Å². The van der Waals surface area contributed by atoms with Crippen molar-refractivity contribution in [2.75, 3.05) is 37.9 Å². The van der Waals surface area contributed by atoms with Gasteiger partial charge in [0, 0.05) is 26.4 Å². The molecule has 0 aromatic rings. The first-order chi connectivity index (χ1) is 21.4. The van der Waals surface area contributed by atoms with Crippen molar-refractivity contribution in [3.05, 3.63) is 0 Å². The third-order valence-corrected chi connectivity index (χ3v) is 12.1. The molecule has 5 heteroatoms. The monoisotopic (exact) mass is 622 g/mol. The topological polar surface area (TPSA) is 36.9 Å². The van der Waals surface area contributed by atoms with Crippen LogP contribution in [-0.4, -0.2) is 62.3 Å². The van der Waals surface area contributed by atoms with Crippen LogP contribution in [0.25, 0.3) is 0 Å². The molecule has 6 unspecified atom stereocenters. The van der Waals surface area contributed by atoms with E-state index < -0.39 is 0 Å². The third-order valence-electron chi connectivity index (χ3n) is 11.0. The van der Waals surface area contributed by atoms with Crippen molar-refractivity contribution >= 4 is 11.8 Å². The van der Waals surface area contributed by atoms with Gasteiger partial charge < -0.3 is 18.9 Å². The first-order valence-electron chi connectivity index (χ1n) is 19.4. The average Bonchev–Trinajstić information content (AvgIpc) is 3.86. The van der Waals surface area contributed by atoms with Crippen LogP contribution in [0.2, 0.25) is 0 Å². The van der Waals surface area contributed by atoms with Gasteiger partial charge in [-0.25, -0.2) is 0 Å². The molecule has 4 nitrogen and oxygen atoms in total. The highest BCUT2D eigenvalue weighted by molar-refractivity contribution is 7.99. The summed E-state index contributed by atoms with van der Waals surface area (Å²) in [6, 6.07) is 0. The van der Waals surface area contributed by atoms with Crippen molar-refractivity contribution in [3.8, 4) is 0 Å². The summed E-state index contributed by atoms with van der Waals surface area (Å²) in [7, 11) is 0. The number of thioether (sulfide) groups is 1. The Morgan fingerprint density at radius 2 is 0.814 bits per heavy atom. The zero-order valence-electron chi connectivity index (χ0n) is 28.1. The fourth-order valence-electron chi connectivity index (χ4n) is 8.26. The second kappa shape index (κ2) is 23.5. The molecular formula is C38H70O4S. The standard InChI is InChI=1S/C38H70O4S/c1(5-9-17-33(37-21-15-29-41-37)23-25-35-19-13-27-39-35)3-7-11-31-43-32-12-8-4-2-6-10-18-34(38-22-16-30-42-38)24-26-36-20-14-28-40-36/h33-38H,1-32H2. The molecule has 0 aliphatic carbocycles. The molecule has 0 N–H and O–H groups in total. The maximum absolute atomic E-state index is 6.10. The summed E-state index contributed by atoms with van der Waals surface area (Å²) >= 11 is 2.21. The van der Waals surface area contributed by atoms with Crippen LogP contribution in [-0.2, 0) is 18.9 Å². The van der Waals surface area contributed by atoms with E-state index in [1.54, 1.807) is 0 Å². The van der Waals surface area contributed by atoms with Crippen molar-refractivity contribution in [2.24, 2.45) is 11.8 Å². The van der Waals surface area contributed by atoms with Gasteiger partial charge in [-0.1, -0.05) is 64.2 Å². The first kappa shape index (κ1) is 36.0. The number of hydrogen-bond acceptors (Lipinski definition) is 5. The largest absolute Gasteiger partial charge is 0.378 e. The van der Waals surface area contributed by atoms with Crippen LogP contribution < -0.4 is 0 Å². The molecule has 0 radical (unpaired) electrons. The van der Waals surface area contributed by atoms with Gasteiger partial charge in [0.25, 0.3) is 0 Å². The summed E-state index contributed by atoms with van der Waals surface area (Å²) in [5.41, 5.74) is 0. The summed E-state index contributed by atoms with van der Waals surface area (Å²) in [5.74, 6) is 4.31. The molecule has 6 atom stereocenters. The highest BCUT2D eigenvalue weighted by Gasteiger charge is 2.28. The van der Waals surface area contributed by atoms with Gasteiger partial charge in [-0.15, -0.1) is 0 Å². The average molecular weight is 623 g/mol. The van der Waals surface area contributed by atoms with E-state index in [1.165, 1.54) is 178 Å². The third kappa shape index (κ3) is 15.6. The van der Waals surface area contributed by atoms with E-state index in [0.717, 1.165) is 38.3 Å². The van der Waals surface area contributed by atoms with Gasteiger partial charge in [-0.3, -0.25) is 0 Å². The smallest absolute Gasteiger partial charge is 0.0604 e. The Hall–Kier alpha value is 0.190. The molecule has 0 saturated carbocycles. The van der Waals surface area contributed by atoms with E-state index >= 15 is 0 Å². The molecule has 0 bridgehead atoms. The van der Waals surface area contributed by atoms with Crippen molar-refractivity contribution in [2.45, 2.75) is 191 Å². The van der Waals surface area contributed by atoms with Gasteiger partial charge in [-0.05, 0) is 126 Å². The quantitative estimate of drug-likeness (QED) is 0.0897. The maximum atomic E-state index is 6.10. The van der Waals surface area contributed by atoms with E-state index in [-0.39, 0.29) is 0 Å². The minimum Gasteiger partial charge on any atom is -0.378 e. The predicted octanol–water partition coefficient (Wildman–Crippen LogP) is 10.7. The number of unbranched alkanes of at least 4 members (excludes halogenated alkanes) is 10. The van der Waals surface area contributed by atoms with Gasteiger partial charge in [0.1, 0.15) is 0 Å². The zero-order valence-corrected chi connectivity index (χ0v) is 28.9. The number of hydrogen-bond donors (Lipinski definition) is 0. The van der Waals surface area contributed by atoms with Crippen LogP contribution in [0.1, 0.15) is 167 Å². The van der Waals surface area contributed by atoms with Crippen LogP contribution in [0.4, 0.5) is 0 Å². The van der Waals surface area contributed by atoms with Crippen LogP contribution in [0, 0.1) is 11.8 Å². The molecule has 0 aromatic heterocycles. The summed E-state index contributed by atoms with van der Waals surface area (Å²) < 4.78 is 24.0. The minimum absolute atomic E-state index is 0.541.